The lowest BCUT2D eigenvalue weighted by Crippen LogP contribution is -2.37. The van der Waals surface area contributed by atoms with Crippen molar-refractivity contribution in [3.63, 3.8) is 0 Å². The van der Waals surface area contributed by atoms with Crippen molar-refractivity contribution in [1.82, 2.24) is 0 Å². The predicted molar refractivity (Wildman–Crippen MR) is 118 cm³/mol. The Bertz CT molecular complexity index is 1330. The molecule has 0 aromatic heterocycles. The monoisotopic (exact) mass is 480 g/mol. The lowest BCUT2D eigenvalue weighted by molar-refractivity contribution is -0.0130. The highest BCUT2D eigenvalue weighted by atomic mass is 16.6. The molecule has 0 spiro atoms. The largest absolute Gasteiger partial charge is 0.508 e. The first-order valence-electron chi connectivity index (χ1n) is 10.6. The van der Waals surface area contributed by atoms with Gasteiger partial charge < -0.3 is 39.7 Å². The van der Waals surface area contributed by atoms with E-state index in [9.17, 15) is 35.1 Å². The summed E-state index contributed by atoms with van der Waals surface area (Å²) in [6, 6.07) is 11.0. The Hall–Kier alpha value is -4.28. The van der Waals surface area contributed by atoms with E-state index < -0.39 is 42.6 Å². The quantitative estimate of drug-likeness (QED) is 0.350. The molecule has 0 radical (unpaired) electrons. The third-order valence-electron chi connectivity index (χ3n) is 5.98. The first-order chi connectivity index (χ1) is 16.8. The first kappa shape index (κ1) is 22.5. The number of ether oxygens (including phenoxy) is 3. The third kappa shape index (κ3) is 3.78. The highest BCUT2D eigenvalue weighted by molar-refractivity contribution is 6.05. The van der Waals surface area contributed by atoms with Crippen molar-refractivity contribution >= 4 is 12.1 Å². The number of hydrogen-bond donors (Lipinski definition) is 5. The maximum Gasteiger partial charge on any atom is 0.202 e. The smallest absolute Gasteiger partial charge is 0.202 e. The molecule has 0 bridgehead atoms. The van der Waals surface area contributed by atoms with Gasteiger partial charge in [0.25, 0.3) is 0 Å². The van der Waals surface area contributed by atoms with Crippen molar-refractivity contribution in [2.45, 2.75) is 24.4 Å². The Kier molecular flexibility index (Phi) is 5.46. The van der Waals surface area contributed by atoms with Gasteiger partial charge in [0.2, 0.25) is 5.78 Å². The van der Waals surface area contributed by atoms with E-state index in [-0.39, 0.29) is 34.1 Å². The van der Waals surface area contributed by atoms with Crippen LogP contribution in [0.4, 0.5) is 0 Å². The highest BCUT2D eigenvalue weighted by Crippen LogP contribution is 2.45. The Labute approximate surface area is 198 Å². The number of phenols is 3. The van der Waals surface area contributed by atoms with Crippen molar-refractivity contribution in [1.29, 1.82) is 0 Å². The third-order valence-corrected chi connectivity index (χ3v) is 5.98. The fourth-order valence-electron chi connectivity index (χ4n) is 4.25. The fourth-order valence-corrected chi connectivity index (χ4v) is 4.25. The van der Waals surface area contributed by atoms with Crippen molar-refractivity contribution in [2.24, 2.45) is 0 Å². The summed E-state index contributed by atoms with van der Waals surface area (Å²) in [7, 11) is 0. The molecular formula is C25H20O10. The van der Waals surface area contributed by atoms with Crippen LogP contribution in [0.3, 0.4) is 0 Å². The molecule has 0 aliphatic carbocycles. The van der Waals surface area contributed by atoms with Crippen LogP contribution in [0.15, 0.2) is 48.5 Å². The molecule has 2 aliphatic rings. The van der Waals surface area contributed by atoms with E-state index >= 15 is 0 Å². The van der Waals surface area contributed by atoms with Gasteiger partial charge in [-0.1, -0.05) is 12.1 Å². The summed E-state index contributed by atoms with van der Waals surface area (Å²) in [5.74, 6) is -1.35. The molecule has 10 nitrogen and oxygen atoms in total. The number of carbonyl (C=O) groups is 2. The number of hydrogen-bond acceptors (Lipinski definition) is 10. The number of benzene rings is 3. The van der Waals surface area contributed by atoms with Gasteiger partial charge in [0, 0.05) is 12.1 Å². The number of aliphatic hydroxyl groups excluding tert-OH is 2. The second kappa shape index (κ2) is 8.49. The van der Waals surface area contributed by atoms with Crippen LogP contribution in [-0.2, 0) is 0 Å². The van der Waals surface area contributed by atoms with Crippen LogP contribution < -0.4 is 14.2 Å². The molecule has 4 unspecified atom stereocenters. The number of aromatic hydroxyl groups is 3. The van der Waals surface area contributed by atoms with Crippen LogP contribution in [-0.4, -0.2) is 56.4 Å². The van der Waals surface area contributed by atoms with Gasteiger partial charge in [-0.2, -0.15) is 0 Å². The molecule has 0 saturated heterocycles. The average molecular weight is 480 g/mol. The zero-order chi connectivity index (χ0) is 24.9. The summed E-state index contributed by atoms with van der Waals surface area (Å²) in [5, 5.41) is 50.0. The van der Waals surface area contributed by atoms with E-state index in [0.717, 1.165) is 6.07 Å². The lowest BCUT2D eigenvalue weighted by Gasteiger charge is -2.35. The Morgan fingerprint density at radius 2 is 1.51 bits per heavy atom. The van der Waals surface area contributed by atoms with Gasteiger partial charge in [-0.25, -0.2) is 0 Å². The molecule has 3 aromatic rings. The molecule has 0 amide bonds. The van der Waals surface area contributed by atoms with Crippen molar-refractivity contribution in [3.8, 4) is 34.5 Å². The number of aldehydes is 1. The van der Waals surface area contributed by atoms with Gasteiger partial charge in [-0.05, 0) is 35.4 Å². The lowest BCUT2D eigenvalue weighted by atomic mass is 9.92. The minimum atomic E-state index is -1.64. The van der Waals surface area contributed by atoms with E-state index in [1.54, 1.807) is 6.07 Å². The van der Waals surface area contributed by atoms with E-state index in [2.05, 4.69) is 0 Å². The average Bonchev–Trinajstić information content (AvgIpc) is 2.85. The van der Waals surface area contributed by atoms with Crippen LogP contribution in [0.1, 0.15) is 44.1 Å². The second-order valence-corrected chi connectivity index (χ2v) is 8.21. The van der Waals surface area contributed by atoms with Crippen LogP contribution >= 0.6 is 0 Å². The van der Waals surface area contributed by atoms with Crippen LogP contribution in [0.25, 0.3) is 0 Å². The molecule has 5 N–H and O–H groups in total. The normalized spacial score (nSPS) is 22.7. The molecular weight excluding hydrogens is 460 g/mol. The standard InChI is InChI=1S/C25H20O10/c26-9-13-5-11(1-3-15(13)29)24-20(10-27)33-17-4-2-12(6-18(17)34-24)25-23(32)22(31)21-16(30)7-14(28)8-19(21)35-25/h1-9,20,23-25,27-30,32H,10H2. The number of aliphatic hydroxyl groups is 2. The number of Topliss-reactive ketones (excluding diaryl/α,β-unsaturated/α-hetero) is 1. The summed E-state index contributed by atoms with van der Waals surface area (Å²) < 4.78 is 17.7. The molecule has 2 aliphatic heterocycles. The Morgan fingerprint density at radius 3 is 2.26 bits per heavy atom. The van der Waals surface area contributed by atoms with Crippen LogP contribution in [0.2, 0.25) is 0 Å². The summed E-state index contributed by atoms with van der Waals surface area (Å²) in [4.78, 5) is 24.0. The van der Waals surface area contributed by atoms with Gasteiger partial charge in [0.15, 0.2) is 42.2 Å². The minimum Gasteiger partial charge on any atom is -0.508 e. The summed E-state index contributed by atoms with van der Waals surface area (Å²) in [6.07, 6.45) is -3.97. The molecule has 35 heavy (non-hydrogen) atoms. The maximum atomic E-state index is 12.7. The SMILES string of the molecule is O=Cc1cc(C2Oc3cc(C4Oc5cc(O)cc(O)c5C(=O)C4O)ccc3OC2CO)ccc1O. The van der Waals surface area contributed by atoms with E-state index in [1.165, 1.54) is 36.4 Å². The molecule has 4 atom stereocenters. The zero-order valence-corrected chi connectivity index (χ0v) is 18.0. The second-order valence-electron chi connectivity index (χ2n) is 8.21. The molecule has 0 fully saturated rings. The number of rotatable bonds is 4. The van der Waals surface area contributed by atoms with Gasteiger partial charge in [-0.15, -0.1) is 0 Å². The van der Waals surface area contributed by atoms with Gasteiger partial charge in [0.05, 0.1) is 12.2 Å². The Morgan fingerprint density at radius 1 is 0.800 bits per heavy atom. The van der Waals surface area contributed by atoms with E-state index in [0.29, 0.717) is 23.2 Å². The topological polar surface area (TPSA) is 163 Å². The fraction of sp³-hybridized carbons (Fsp3) is 0.200. The zero-order valence-electron chi connectivity index (χ0n) is 18.0. The van der Waals surface area contributed by atoms with E-state index in [4.69, 9.17) is 14.2 Å². The highest BCUT2D eigenvalue weighted by Gasteiger charge is 2.40. The van der Waals surface area contributed by atoms with Gasteiger partial charge in [0.1, 0.15) is 28.6 Å². The number of fused-ring (bicyclic) bond motifs is 2. The molecule has 0 saturated carbocycles. The summed E-state index contributed by atoms with van der Waals surface area (Å²) in [6.45, 7) is -0.397. The summed E-state index contributed by atoms with van der Waals surface area (Å²) in [5.41, 5.74) is 0.643. The maximum absolute atomic E-state index is 12.7. The van der Waals surface area contributed by atoms with Crippen LogP contribution in [0.5, 0.6) is 34.5 Å². The van der Waals surface area contributed by atoms with Crippen molar-refractivity contribution in [3.05, 3.63) is 70.8 Å². The number of phenolic OH excluding ortho intramolecular Hbond substituents is 3. The van der Waals surface area contributed by atoms with Crippen molar-refractivity contribution < 1.29 is 49.3 Å². The minimum absolute atomic E-state index is 0.0461. The van der Waals surface area contributed by atoms with Gasteiger partial charge >= 0.3 is 0 Å². The van der Waals surface area contributed by atoms with Crippen molar-refractivity contribution in [2.75, 3.05) is 6.61 Å². The predicted octanol–water partition coefficient (Wildman–Crippen LogP) is 2.17. The first-order valence-corrected chi connectivity index (χ1v) is 10.6. The molecule has 3 aromatic carbocycles. The summed E-state index contributed by atoms with van der Waals surface area (Å²) >= 11 is 0. The molecule has 5 rings (SSSR count). The molecule has 10 heteroatoms. The van der Waals surface area contributed by atoms with Crippen LogP contribution in [0, 0.1) is 0 Å². The Balaban J connectivity index is 1.50. The molecule has 180 valence electrons. The van der Waals surface area contributed by atoms with Gasteiger partial charge in [-0.3, -0.25) is 9.59 Å². The molecule has 2 heterocycles. The number of ketones is 1. The van der Waals surface area contributed by atoms with E-state index in [1.807, 2.05) is 0 Å². The number of carbonyl (C=O) groups excluding carboxylic acids is 2.